The number of amides is 2. The zero-order chi connectivity index (χ0) is 17.7. The molecule has 1 atom stereocenters. The Morgan fingerprint density at radius 1 is 1.00 bits per heavy atom. The molecule has 3 rings (SSSR count). The Kier molecular flexibility index (Phi) is 5.17. The summed E-state index contributed by atoms with van der Waals surface area (Å²) in [4.78, 5) is 24.9. The summed E-state index contributed by atoms with van der Waals surface area (Å²) in [5, 5.41) is 5.72. The fourth-order valence-corrected chi connectivity index (χ4v) is 2.99. The van der Waals surface area contributed by atoms with Crippen LogP contribution in [0.5, 0.6) is 0 Å². The standard InChI is InChI=1S/C21H24N2O2/c1-21(17-10-6-3-7-11-17,14-16-8-4-2-5-9-16)20(25)22-15-19(24)23-18-12-13-18/h2-11,18H,12-15H2,1H3,(H,22,25)(H,23,24). The van der Waals surface area contributed by atoms with Crippen molar-refractivity contribution >= 4 is 11.8 Å². The Bertz CT molecular complexity index is 726. The number of hydrogen-bond acceptors (Lipinski definition) is 2. The summed E-state index contributed by atoms with van der Waals surface area (Å²) in [7, 11) is 0. The summed E-state index contributed by atoms with van der Waals surface area (Å²) in [5.41, 5.74) is 1.30. The topological polar surface area (TPSA) is 58.2 Å². The Labute approximate surface area is 148 Å². The zero-order valence-electron chi connectivity index (χ0n) is 14.5. The Morgan fingerprint density at radius 3 is 2.20 bits per heavy atom. The van der Waals surface area contributed by atoms with Gasteiger partial charge in [-0.2, -0.15) is 0 Å². The van der Waals surface area contributed by atoms with E-state index in [2.05, 4.69) is 10.6 Å². The van der Waals surface area contributed by atoms with Crippen molar-refractivity contribution in [3.05, 3.63) is 71.8 Å². The van der Waals surface area contributed by atoms with Crippen molar-refractivity contribution in [3.8, 4) is 0 Å². The number of hydrogen-bond donors (Lipinski definition) is 2. The van der Waals surface area contributed by atoms with Crippen LogP contribution in [0.3, 0.4) is 0 Å². The third kappa shape index (κ3) is 4.47. The van der Waals surface area contributed by atoms with Crippen molar-refractivity contribution in [2.75, 3.05) is 6.54 Å². The second-order valence-corrected chi connectivity index (χ2v) is 6.88. The SMILES string of the molecule is CC(Cc1ccccc1)(C(=O)NCC(=O)NC1CC1)c1ccccc1. The molecule has 2 aromatic rings. The van der Waals surface area contributed by atoms with E-state index in [1.54, 1.807) is 0 Å². The number of carbonyl (C=O) groups excluding carboxylic acids is 2. The highest BCUT2D eigenvalue weighted by atomic mass is 16.2. The fraction of sp³-hybridized carbons (Fsp3) is 0.333. The van der Waals surface area contributed by atoms with Crippen molar-refractivity contribution in [2.45, 2.75) is 37.6 Å². The van der Waals surface area contributed by atoms with Crippen LogP contribution in [0.15, 0.2) is 60.7 Å². The molecule has 0 heterocycles. The monoisotopic (exact) mass is 336 g/mol. The van der Waals surface area contributed by atoms with Crippen molar-refractivity contribution in [1.82, 2.24) is 10.6 Å². The summed E-state index contributed by atoms with van der Waals surface area (Å²) >= 11 is 0. The maximum Gasteiger partial charge on any atom is 0.239 e. The van der Waals surface area contributed by atoms with Crippen LogP contribution < -0.4 is 10.6 Å². The molecule has 0 aliphatic heterocycles. The molecule has 0 saturated heterocycles. The molecule has 0 aromatic heterocycles. The minimum atomic E-state index is -0.734. The molecule has 4 heteroatoms. The van der Waals surface area contributed by atoms with Crippen LogP contribution in [-0.2, 0) is 21.4 Å². The third-order valence-electron chi connectivity index (χ3n) is 4.66. The van der Waals surface area contributed by atoms with Gasteiger partial charge in [-0.15, -0.1) is 0 Å². The van der Waals surface area contributed by atoms with Crippen molar-refractivity contribution in [1.29, 1.82) is 0 Å². The summed E-state index contributed by atoms with van der Waals surface area (Å²) in [6.07, 6.45) is 2.65. The maximum atomic E-state index is 13.0. The van der Waals surface area contributed by atoms with Gasteiger partial charge in [-0.1, -0.05) is 60.7 Å². The molecule has 1 unspecified atom stereocenters. The molecule has 0 bridgehead atoms. The highest BCUT2D eigenvalue weighted by molar-refractivity contribution is 5.91. The fourth-order valence-electron chi connectivity index (χ4n) is 2.99. The summed E-state index contributed by atoms with van der Waals surface area (Å²) in [5.74, 6) is -0.250. The van der Waals surface area contributed by atoms with Crippen LogP contribution in [-0.4, -0.2) is 24.4 Å². The van der Waals surface area contributed by atoms with Gasteiger partial charge in [0, 0.05) is 6.04 Å². The molecule has 0 spiro atoms. The van der Waals surface area contributed by atoms with Gasteiger partial charge in [0.2, 0.25) is 11.8 Å². The molecule has 2 aromatic carbocycles. The number of benzene rings is 2. The first-order valence-electron chi connectivity index (χ1n) is 8.75. The van der Waals surface area contributed by atoms with Gasteiger partial charge < -0.3 is 10.6 Å². The van der Waals surface area contributed by atoms with Gasteiger partial charge in [0.05, 0.1) is 12.0 Å². The molecule has 25 heavy (non-hydrogen) atoms. The average Bonchev–Trinajstić information content (AvgIpc) is 3.45. The van der Waals surface area contributed by atoms with Crippen LogP contribution in [0.4, 0.5) is 0 Å². The molecule has 1 saturated carbocycles. The molecule has 2 N–H and O–H groups in total. The van der Waals surface area contributed by atoms with Crippen molar-refractivity contribution in [2.24, 2.45) is 0 Å². The molecule has 0 radical (unpaired) electrons. The lowest BCUT2D eigenvalue weighted by Crippen LogP contribution is -2.47. The van der Waals surface area contributed by atoms with Crippen LogP contribution in [0, 0.1) is 0 Å². The van der Waals surface area contributed by atoms with E-state index in [1.807, 2.05) is 67.6 Å². The molecule has 1 aliphatic rings. The van der Waals surface area contributed by atoms with E-state index >= 15 is 0 Å². The first-order valence-corrected chi connectivity index (χ1v) is 8.75. The average molecular weight is 336 g/mol. The minimum absolute atomic E-state index is 0.0204. The lowest BCUT2D eigenvalue weighted by Gasteiger charge is -2.29. The van der Waals surface area contributed by atoms with Gasteiger partial charge in [-0.3, -0.25) is 9.59 Å². The maximum absolute atomic E-state index is 13.0. The van der Waals surface area contributed by atoms with E-state index < -0.39 is 5.41 Å². The van der Waals surface area contributed by atoms with Crippen LogP contribution >= 0.6 is 0 Å². The smallest absolute Gasteiger partial charge is 0.239 e. The first-order chi connectivity index (χ1) is 12.1. The molecular weight excluding hydrogens is 312 g/mol. The highest BCUT2D eigenvalue weighted by Gasteiger charge is 2.35. The lowest BCUT2D eigenvalue weighted by atomic mass is 9.76. The molecule has 1 aliphatic carbocycles. The van der Waals surface area contributed by atoms with E-state index in [-0.39, 0.29) is 18.4 Å². The quantitative estimate of drug-likeness (QED) is 0.816. The summed E-state index contributed by atoms with van der Waals surface area (Å²) in [6.45, 7) is 1.95. The van der Waals surface area contributed by atoms with Gasteiger partial charge in [-0.05, 0) is 37.3 Å². The molecule has 2 amide bonds. The molecular formula is C21H24N2O2. The minimum Gasteiger partial charge on any atom is -0.352 e. The second kappa shape index (κ2) is 7.51. The predicted molar refractivity (Wildman–Crippen MR) is 98.1 cm³/mol. The van der Waals surface area contributed by atoms with E-state index in [1.165, 1.54) is 0 Å². The van der Waals surface area contributed by atoms with Gasteiger partial charge in [0.1, 0.15) is 0 Å². The lowest BCUT2D eigenvalue weighted by molar-refractivity contribution is -0.129. The van der Waals surface area contributed by atoms with Crippen LogP contribution in [0.25, 0.3) is 0 Å². The van der Waals surface area contributed by atoms with Crippen molar-refractivity contribution in [3.63, 3.8) is 0 Å². The van der Waals surface area contributed by atoms with Gasteiger partial charge in [0.15, 0.2) is 0 Å². The predicted octanol–water partition coefficient (Wildman–Crippen LogP) is 2.58. The van der Waals surface area contributed by atoms with E-state index in [4.69, 9.17) is 0 Å². The van der Waals surface area contributed by atoms with E-state index in [0.717, 1.165) is 24.0 Å². The van der Waals surface area contributed by atoms with E-state index in [9.17, 15) is 9.59 Å². The Hall–Kier alpha value is -2.62. The second-order valence-electron chi connectivity index (χ2n) is 6.88. The Balaban J connectivity index is 1.75. The Morgan fingerprint density at radius 2 is 1.60 bits per heavy atom. The zero-order valence-corrected chi connectivity index (χ0v) is 14.5. The summed E-state index contributed by atoms with van der Waals surface area (Å²) in [6, 6.07) is 20.0. The van der Waals surface area contributed by atoms with Gasteiger partial charge in [0.25, 0.3) is 0 Å². The molecule has 1 fully saturated rings. The summed E-state index contributed by atoms with van der Waals surface area (Å²) < 4.78 is 0. The third-order valence-corrected chi connectivity index (χ3v) is 4.66. The number of carbonyl (C=O) groups is 2. The molecule has 130 valence electrons. The van der Waals surface area contributed by atoms with Gasteiger partial charge in [-0.25, -0.2) is 0 Å². The normalized spacial score (nSPS) is 15.9. The number of rotatable bonds is 7. The van der Waals surface area contributed by atoms with Gasteiger partial charge >= 0.3 is 0 Å². The van der Waals surface area contributed by atoms with Crippen molar-refractivity contribution < 1.29 is 9.59 Å². The largest absolute Gasteiger partial charge is 0.352 e. The van der Waals surface area contributed by atoms with Crippen LogP contribution in [0.2, 0.25) is 0 Å². The number of nitrogens with one attached hydrogen (secondary N) is 2. The van der Waals surface area contributed by atoms with Crippen LogP contribution in [0.1, 0.15) is 30.9 Å². The highest BCUT2D eigenvalue weighted by Crippen LogP contribution is 2.28. The van der Waals surface area contributed by atoms with E-state index in [0.29, 0.717) is 12.5 Å². The molecule has 4 nitrogen and oxygen atoms in total. The first kappa shape index (κ1) is 17.2.